The van der Waals surface area contributed by atoms with Crippen LogP contribution in [0.15, 0.2) is 24.3 Å². The van der Waals surface area contributed by atoms with Crippen molar-refractivity contribution in [2.45, 2.75) is 6.54 Å². The van der Waals surface area contributed by atoms with Crippen molar-refractivity contribution in [3.8, 4) is 0 Å². The van der Waals surface area contributed by atoms with Crippen LogP contribution in [0, 0.1) is 0 Å². The summed E-state index contributed by atoms with van der Waals surface area (Å²) in [6.45, 7) is 0.415. The van der Waals surface area contributed by atoms with E-state index in [1.165, 1.54) is 0 Å². The maximum absolute atomic E-state index is 10.8. The fourth-order valence-corrected chi connectivity index (χ4v) is 1.03. The van der Waals surface area contributed by atoms with E-state index in [4.69, 9.17) is 11.5 Å². The molecule has 4 N–H and O–H groups in total. The first kappa shape index (κ1) is 10.2. The minimum absolute atomic E-state index is 0.375. The zero-order valence-corrected chi connectivity index (χ0v) is 7.51. The average molecular weight is 193 g/mol. The molecule has 1 aromatic rings. The molecule has 0 aliphatic rings. The third-order valence-electron chi connectivity index (χ3n) is 1.79. The number of hydrogen-bond acceptors (Lipinski definition) is 3. The molecule has 0 aromatic heterocycles. The molecule has 3 amide bonds. The molecule has 74 valence electrons. The number of amides is 3. The lowest BCUT2D eigenvalue weighted by Crippen LogP contribution is -2.34. The standard InChI is InChI=1S/C9H11N3O2/c10-5-7-1-3-8(4-2-7)12(6-13)9(11)14/h1-4,6H,5,10H2,(H2,11,14). The molecule has 0 bridgehead atoms. The van der Waals surface area contributed by atoms with Crippen LogP contribution in [0.4, 0.5) is 10.5 Å². The molecular formula is C9H11N3O2. The molecular weight excluding hydrogens is 182 g/mol. The molecule has 0 saturated carbocycles. The van der Waals surface area contributed by atoms with Crippen LogP contribution in [0.1, 0.15) is 5.56 Å². The summed E-state index contributed by atoms with van der Waals surface area (Å²) in [5.74, 6) is 0. The lowest BCUT2D eigenvalue weighted by atomic mass is 10.2. The fourth-order valence-electron chi connectivity index (χ4n) is 1.03. The van der Waals surface area contributed by atoms with Gasteiger partial charge in [-0.3, -0.25) is 4.79 Å². The van der Waals surface area contributed by atoms with Gasteiger partial charge in [0.2, 0.25) is 6.41 Å². The molecule has 0 aliphatic carbocycles. The lowest BCUT2D eigenvalue weighted by Gasteiger charge is -2.12. The van der Waals surface area contributed by atoms with Gasteiger partial charge in [0.15, 0.2) is 0 Å². The minimum Gasteiger partial charge on any atom is -0.351 e. The number of imide groups is 1. The first-order valence-electron chi connectivity index (χ1n) is 4.02. The van der Waals surface area contributed by atoms with Crippen LogP contribution in [0.25, 0.3) is 0 Å². The van der Waals surface area contributed by atoms with Crippen molar-refractivity contribution in [3.63, 3.8) is 0 Å². The molecule has 5 heteroatoms. The van der Waals surface area contributed by atoms with E-state index in [0.717, 1.165) is 10.5 Å². The van der Waals surface area contributed by atoms with Crippen LogP contribution in [-0.2, 0) is 11.3 Å². The highest BCUT2D eigenvalue weighted by molar-refractivity contribution is 6.05. The van der Waals surface area contributed by atoms with Gasteiger partial charge in [0, 0.05) is 6.54 Å². The van der Waals surface area contributed by atoms with Gasteiger partial charge in [-0.15, -0.1) is 0 Å². The van der Waals surface area contributed by atoms with E-state index in [1.807, 2.05) is 0 Å². The van der Waals surface area contributed by atoms with Gasteiger partial charge in [0.25, 0.3) is 0 Å². The predicted octanol–water partition coefficient (Wildman–Crippen LogP) is 0.187. The first-order valence-corrected chi connectivity index (χ1v) is 4.02. The number of primary amides is 1. The molecule has 0 aliphatic heterocycles. The molecule has 0 unspecified atom stereocenters. The smallest absolute Gasteiger partial charge is 0.325 e. The van der Waals surface area contributed by atoms with Crippen molar-refractivity contribution in [3.05, 3.63) is 29.8 Å². The summed E-state index contributed by atoms with van der Waals surface area (Å²) in [6.07, 6.45) is 0.375. The summed E-state index contributed by atoms with van der Waals surface area (Å²) in [5.41, 5.74) is 11.7. The summed E-state index contributed by atoms with van der Waals surface area (Å²) in [6, 6.07) is 5.88. The number of rotatable bonds is 3. The molecule has 0 saturated heterocycles. The molecule has 0 spiro atoms. The molecule has 5 nitrogen and oxygen atoms in total. The van der Waals surface area contributed by atoms with Gasteiger partial charge in [0.1, 0.15) is 0 Å². The first-order chi connectivity index (χ1) is 6.69. The van der Waals surface area contributed by atoms with Crippen LogP contribution in [-0.4, -0.2) is 12.4 Å². The summed E-state index contributed by atoms with van der Waals surface area (Å²) < 4.78 is 0. The maximum Gasteiger partial charge on any atom is 0.325 e. The van der Waals surface area contributed by atoms with E-state index in [1.54, 1.807) is 24.3 Å². The van der Waals surface area contributed by atoms with Gasteiger partial charge in [-0.1, -0.05) is 12.1 Å². The van der Waals surface area contributed by atoms with E-state index in [9.17, 15) is 9.59 Å². The van der Waals surface area contributed by atoms with Gasteiger partial charge in [-0.2, -0.15) is 0 Å². The van der Waals surface area contributed by atoms with E-state index < -0.39 is 6.03 Å². The fraction of sp³-hybridized carbons (Fsp3) is 0.111. The van der Waals surface area contributed by atoms with Crippen molar-refractivity contribution in [2.24, 2.45) is 11.5 Å². The third kappa shape index (κ3) is 2.08. The molecule has 1 rings (SSSR count). The number of nitrogens with zero attached hydrogens (tertiary/aromatic N) is 1. The Hall–Kier alpha value is -1.88. The summed E-state index contributed by atoms with van der Waals surface area (Å²) >= 11 is 0. The number of anilines is 1. The van der Waals surface area contributed by atoms with E-state index in [2.05, 4.69) is 0 Å². The zero-order chi connectivity index (χ0) is 10.6. The SMILES string of the molecule is NCc1ccc(N(C=O)C(N)=O)cc1. The van der Waals surface area contributed by atoms with Gasteiger partial charge < -0.3 is 11.5 Å². The zero-order valence-electron chi connectivity index (χ0n) is 7.51. The Bertz CT molecular complexity index is 334. The van der Waals surface area contributed by atoms with Crippen LogP contribution in [0.2, 0.25) is 0 Å². The second-order valence-corrected chi connectivity index (χ2v) is 2.68. The van der Waals surface area contributed by atoms with Gasteiger partial charge in [0.05, 0.1) is 5.69 Å². The molecule has 0 atom stereocenters. The van der Waals surface area contributed by atoms with Gasteiger partial charge in [-0.25, -0.2) is 9.69 Å². The second-order valence-electron chi connectivity index (χ2n) is 2.68. The van der Waals surface area contributed by atoms with Crippen LogP contribution >= 0.6 is 0 Å². The topological polar surface area (TPSA) is 89.4 Å². The minimum atomic E-state index is -0.805. The highest BCUT2D eigenvalue weighted by atomic mass is 16.2. The molecule has 1 aromatic carbocycles. The van der Waals surface area contributed by atoms with Gasteiger partial charge >= 0.3 is 6.03 Å². The quantitative estimate of drug-likeness (QED) is 0.671. The number of hydrogen-bond donors (Lipinski definition) is 2. The average Bonchev–Trinajstić information content (AvgIpc) is 2.19. The van der Waals surface area contributed by atoms with Crippen LogP contribution in [0.5, 0.6) is 0 Å². The van der Waals surface area contributed by atoms with Crippen molar-refractivity contribution in [1.82, 2.24) is 0 Å². The van der Waals surface area contributed by atoms with E-state index in [0.29, 0.717) is 18.6 Å². The number of carbonyl (C=O) groups is 2. The molecule has 14 heavy (non-hydrogen) atoms. The Balaban J connectivity index is 2.94. The van der Waals surface area contributed by atoms with Gasteiger partial charge in [-0.05, 0) is 17.7 Å². The number of benzene rings is 1. The van der Waals surface area contributed by atoms with Crippen molar-refractivity contribution < 1.29 is 9.59 Å². The Morgan fingerprint density at radius 2 is 1.93 bits per heavy atom. The third-order valence-corrected chi connectivity index (χ3v) is 1.79. The Morgan fingerprint density at radius 3 is 2.29 bits per heavy atom. The Kier molecular flexibility index (Phi) is 3.19. The second kappa shape index (κ2) is 4.38. The number of carbonyl (C=O) groups excluding carboxylic acids is 2. The number of urea groups is 1. The van der Waals surface area contributed by atoms with E-state index in [-0.39, 0.29) is 0 Å². The lowest BCUT2D eigenvalue weighted by molar-refractivity contribution is -0.106. The van der Waals surface area contributed by atoms with Crippen LogP contribution in [0.3, 0.4) is 0 Å². The highest BCUT2D eigenvalue weighted by Gasteiger charge is 2.09. The monoisotopic (exact) mass is 193 g/mol. The van der Waals surface area contributed by atoms with E-state index >= 15 is 0 Å². The Morgan fingerprint density at radius 1 is 1.36 bits per heavy atom. The molecule has 0 radical (unpaired) electrons. The highest BCUT2D eigenvalue weighted by Crippen LogP contribution is 2.13. The van der Waals surface area contributed by atoms with Crippen molar-refractivity contribution in [2.75, 3.05) is 4.90 Å². The largest absolute Gasteiger partial charge is 0.351 e. The molecule has 0 heterocycles. The van der Waals surface area contributed by atoms with Crippen molar-refractivity contribution in [1.29, 1.82) is 0 Å². The molecule has 0 fully saturated rings. The summed E-state index contributed by atoms with van der Waals surface area (Å²) in [5, 5.41) is 0. The van der Waals surface area contributed by atoms with Crippen molar-refractivity contribution >= 4 is 18.1 Å². The predicted molar refractivity (Wildman–Crippen MR) is 52.5 cm³/mol. The summed E-state index contributed by atoms with van der Waals surface area (Å²) in [4.78, 5) is 22.1. The number of nitrogens with two attached hydrogens (primary N) is 2. The maximum atomic E-state index is 10.8. The normalized spacial score (nSPS) is 9.50. The summed E-state index contributed by atoms with van der Waals surface area (Å²) in [7, 11) is 0. The van der Waals surface area contributed by atoms with Crippen LogP contribution < -0.4 is 16.4 Å². The Labute approximate surface area is 81.3 Å².